The van der Waals surface area contributed by atoms with Crippen molar-refractivity contribution in [1.29, 1.82) is 0 Å². The van der Waals surface area contributed by atoms with Crippen LogP contribution < -0.4 is 5.56 Å². The van der Waals surface area contributed by atoms with Gasteiger partial charge in [-0.25, -0.2) is 4.98 Å². The predicted molar refractivity (Wildman–Crippen MR) is 89.5 cm³/mol. The van der Waals surface area contributed by atoms with Crippen LogP contribution in [0, 0.1) is 20.2 Å². The van der Waals surface area contributed by atoms with Crippen LogP contribution >= 0.6 is 11.8 Å². The monoisotopic (exact) mass is 359 g/mol. The van der Waals surface area contributed by atoms with E-state index in [1.54, 1.807) is 6.07 Å². The molecule has 10 nitrogen and oxygen atoms in total. The van der Waals surface area contributed by atoms with Gasteiger partial charge in [-0.05, 0) is 11.6 Å². The SMILES string of the molecule is O=c1[nH]c(SCc2cc([N+](=O)[O-])cc([N+](=O)[O-])c2)nc2ccncc12. The number of hydrogen-bond donors (Lipinski definition) is 1. The molecule has 1 aromatic carbocycles. The van der Waals surface area contributed by atoms with E-state index in [9.17, 15) is 25.0 Å². The fourth-order valence-corrected chi connectivity index (χ4v) is 2.93. The quantitative estimate of drug-likeness (QED) is 0.316. The van der Waals surface area contributed by atoms with Crippen LogP contribution in [-0.4, -0.2) is 24.8 Å². The highest BCUT2D eigenvalue weighted by Gasteiger charge is 2.16. The molecule has 0 unspecified atom stereocenters. The molecule has 1 N–H and O–H groups in total. The van der Waals surface area contributed by atoms with Gasteiger partial charge >= 0.3 is 0 Å². The maximum absolute atomic E-state index is 12.0. The molecule has 126 valence electrons. The third-order valence-electron chi connectivity index (χ3n) is 3.24. The molecule has 0 fully saturated rings. The predicted octanol–water partition coefficient (Wildman–Crippen LogP) is 2.43. The second-order valence-corrected chi connectivity index (χ2v) is 5.89. The van der Waals surface area contributed by atoms with Gasteiger partial charge in [-0.1, -0.05) is 11.8 Å². The Labute approximate surface area is 143 Å². The first-order valence-electron chi connectivity index (χ1n) is 6.83. The van der Waals surface area contributed by atoms with Gasteiger partial charge in [0.05, 0.1) is 26.8 Å². The molecule has 25 heavy (non-hydrogen) atoms. The molecule has 3 aromatic rings. The Hall–Kier alpha value is -3.34. The summed E-state index contributed by atoms with van der Waals surface area (Å²) < 4.78 is 0. The smallest absolute Gasteiger partial charge is 0.276 e. The summed E-state index contributed by atoms with van der Waals surface area (Å²) in [6, 6.07) is 5.00. The standard InChI is InChI=1S/C14H9N5O5S/c20-13-11-6-15-2-1-12(11)16-14(17-13)25-7-8-3-9(18(21)22)5-10(4-8)19(23)24/h1-6H,7H2,(H,16,17,20). The van der Waals surface area contributed by atoms with Crippen molar-refractivity contribution in [2.75, 3.05) is 0 Å². The molecule has 3 rings (SSSR count). The number of nitrogens with zero attached hydrogens (tertiary/aromatic N) is 4. The number of non-ortho nitro benzene ring substituents is 2. The number of nitro groups is 2. The van der Waals surface area contributed by atoms with Gasteiger partial charge in [-0.3, -0.25) is 30.0 Å². The number of nitro benzene ring substituents is 2. The molecule has 0 aliphatic heterocycles. The molecule has 0 bridgehead atoms. The molecule has 0 aliphatic rings. The van der Waals surface area contributed by atoms with Crippen molar-refractivity contribution >= 4 is 34.0 Å². The van der Waals surface area contributed by atoms with E-state index in [1.807, 2.05) is 0 Å². The maximum Gasteiger partial charge on any atom is 0.276 e. The summed E-state index contributed by atoms with van der Waals surface area (Å²) in [5, 5.41) is 22.5. The lowest BCUT2D eigenvalue weighted by Crippen LogP contribution is -2.09. The lowest BCUT2D eigenvalue weighted by molar-refractivity contribution is -0.394. The Morgan fingerprint density at radius 1 is 1.12 bits per heavy atom. The molecule has 0 saturated heterocycles. The van der Waals surface area contributed by atoms with Crippen molar-refractivity contribution in [1.82, 2.24) is 15.0 Å². The first-order chi connectivity index (χ1) is 11.9. The van der Waals surface area contributed by atoms with Crippen LogP contribution in [0.2, 0.25) is 0 Å². The first kappa shape index (κ1) is 16.5. The van der Waals surface area contributed by atoms with Gasteiger partial charge in [0.25, 0.3) is 16.9 Å². The second kappa shape index (κ2) is 6.65. The number of hydrogen-bond acceptors (Lipinski definition) is 8. The van der Waals surface area contributed by atoms with Gasteiger partial charge in [0.1, 0.15) is 0 Å². The van der Waals surface area contributed by atoms with Crippen LogP contribution in [0.5, 0.6) is 0 Å². The van der Waals surface area contributed by atoms with E-state index in [-0.39, 0.29) is 22.7 Å². The zero-order valence-electron chi connectivity index (χ0n) is 12.4. The van der Waals surface area contributed by atoms with Crippen molar-refractivity contribution in [3.05, 3.63) is 72.8 Å². The van der Waals surface area contributed by atoms with Crippen molar-refractivity contribution < 1.29 is 9.85 Å². The minimum Gasteiger partial charge on any atom is -0.301 e. The van der Waals surface area contributed by atoms with Crippen LogP contribution in [0.3, 0.4) is 0 Å². The van der Waals surface area contributed by atoms with E-state index < -0.39 is 9.85 Å². The van der Waals surface area contributed by atoms with Gasteiger partial charge in [0, 0.05) is 30.3 Å². The first-order valence-corrected chi connectivity index (χ1v) is 7.82. The van der Waals surface area contributed by atoms with E-state index in [1.165, 1.54) is 24.5 Å². The third-order valence-corrected chi connectivity index (χ3v) is 4.19. The van der Waals surface area contributed by atoms with Crippen molar-refractivity contribution in [3.8, 4) is 0 Å². The van der Waals surface area contributed by atoms with Crippen molar-refractivity contribution in [2.24, 2.45) is 0 Å². The molecular weight excluding hydrogens is 350 g/mol. The van der Waals surface area contributed by atoms with E-state index in [0.717, 1.165) is 17.8 Å². The molecule has 0 spiro atoms. The molecule has 0 radical (unpaired) electrons. The van der Waals surface area contributed by atoms with Gasteiger partial charge in [-0.2, -0.15) is 0 Å². The average Bonchev–Trinajstić information content (AvgIpc) is 2.59. The van der Waals surface area contributed by atoms with Gasteiger partial charge in [-0.15, -0.1) is 0 Å². The van der Waals surface area contributed by atoms with Crippen LogP contribution in [0.4, 0.5) is 11.4 Å². The zero-order valence-corrected chi connectivity index (χ0v) is 13.2. The zero-order chi connectivity index (χ0) is 18.0. The van der Waals surface area contributed by atoms with Gasteiger partial charge in [0.15, 0.2) is 5.16 Å². The topological polar surface area (TPSA) is 145 Å². The average molecular weight is 359 g/mol. The number of thioether (sulfide) groups is 1. The number of aromatic nitrogens is 3. The summed E-state index contributed by atoms with van der Waals surface area (Å²) in [5.74, 6) is 0.169. The molecule has 0 amide bonds. The van der Waals surface area contributed by atoms with Crippen molar-refractivity contribution in [3.63, 3.8) is 0 Å². The normalized spacial score (nSPS) is 10.7. The van der Waals surface area contributed by atoms with E-state index >= 15 is 0 Å². The largest absolute Gasteiger partial charge is 0.301 e. The Kier molecular flexibility index (Phi) is 4.39. The van der Waals surface area contributed by atoms with Gasteiger partial charge in [0.2, 0.25) is 0 Å². The van der Waals surface area contributed by atoms with Gasteiger partial charge < -0.3 is 4.98 Å². The van der Waals surface area contributed by atoms with Crippen LogP contribution in [0.25, 0.3) is 10.9 Å². The lowest BCUT2D eigenvalue weighted by Gasteiger charge is -2.03. The van der Waals surface area contributed by atoms with E-state index in [4.69, 9.17) is 0 Å². The highest BCUT2D eigenvalue weighted by Crippen LogP contribution is 2.27. The van der Waals surface area contributed by atoms with Crippen LogP contribution in [0.1, 0.15) is 5.56 Å². The molecule has 11 heteroatoms. The summed E-state index contributed by atoms with van der Waals surface area (Å²) in [5.41, 5.74) is -0.244. The third kappa shape index (κ3) is 3.61. The summed E-state index contributed by atoms with van der Waals surface area (Å²) >= 11 is 1.11. The molecule has 0 aliphatic carbocycles. The number of rotatable bonds is 5. The minimum absolute atomic E-state index is 0.169. The Bertz CT molecular complexity index is 1020. The van der Waals surface area contributed by atoms with Crippen molar-refractivity contribution in [2.45, 2.75) is 10.9 Å². The highest BCUT2D eigenvalue weighted by molar-refractivity contribution is 7.98. The fourth-order valence-electron chi connectivity index (χ4n) is 2.13. The Balaban J connectivity index is 1.90. The molecule has 2 heterocycles. The summed E-state index contributed by atoms with van der Waals surface area (Å²) in [6.45, 7) is 0. The van der Waals surface area contributed by atoms with E-state index in [0.29, 0.717) is 21.6 Å². The number of aromatic amines is 1. The van der Waals surface area contributed by atoms with Crippen LogP contribution in [-0.2, 0) is 5.75 Å². The fraction of sp³-hybridized carbons (Fsp3) is 0.0714. The second-order valence-electron chi connectivity index (χ2n) is 4.92. The molecular formula is C14H9N5O5S. The summed E-state index contributed by atoms with van der Waals surface area (Å²) in [4.78, 5) is 43.1. The molecule has 0 saturated carbocycles. The Morgan fingerprint density at radius 2 is 1.80 bits per heavy atom. The minimum atomic E-state index is -0.690. The molecule has 2 aromatic heterocycles. The highest BCUT2D eigenvalue weighted by atomic mass is 32.2. The number of fused-ring (bicyclic) bond motifs is 1. The lowest BCUT2D eigenvalue weighted by atomic mass is 10.2. The number of pyridine rings is 1. The van der Waals surface area contributed by atoms with E-state index in [2.05, 4.69) is 15.0 Å². The molecule has 0 atom stereocenters. The maximum atomic E-state index is 12.0. The van der Waals surface area contributed by atoms with Crippen LogP contribution in [0.15, 0.2) is 46.6 Å². The summed E-state index contributed by atoms with van der Waals surface area (Å²) in [7, 11) is 0. The Morgan fingerprint density at radius 3 is 2.44 bits per heavy atom. The summed E-state index contributed by atoms with van der Waals surface area (Å²) in [6.07, 6.45) is 2.91. The number of benzene rings is 1. The number of nitrogens with one attached hydrogen (secondary N) is 1. The number of H-pyrrole nitrogens is 1.